The maximum atomic E-state index is 12.9. The fourth-order valence-corrected chi connectivity index (χ4v) is 3.64. The van der Waals surface area contributed by atoms with Crippen LogP contribution in [0.1, 0.15) is 16.4 Å². The summed E-state index contributed by atoms with van der Waals surface area (Å²) in [7, 11) is 0. The zero-order valence-electron chi connectivity index (χ0n) is 13.8. The first-order valence-corrected chi connectivity index (χ1v) is 9.23. The lowest BCUT2D eigenvalue weighted by Crippen LogP contribution is -2.19. The highest BCUT2D eigenvalue weighted by atomic mass is 35.5. The second-order valence-corrected chi connectivity index (χ2v) is 7.26. The summed E-state index contributed by atoms with van der Waals surface area (Å²) in [5, 5.41) is 3.28. The van der Waals surface area contributed by atoms with Gasteiger partial charge in [0.15, 0.2) is 0 Å². The highest BCUT2D eigenvalue weighted by Crippen LogP contribution is 2.36. The van der Waals surface area contributed by atoms with Crippen molar-refractivity contribution in [3.8, 4) is 0 Å². The molecular weight excluding hydrogens is 350 g/mol. The molecule has 0 aliphatic heterocycles. The van der Waals surface area contributed by atoms with Gasteiger partial charge in [-0.1, -0.05) is 66.2 Å². The Labute approximate surface area is 157 Å². The maximum absolute atomic E-state index is 12.9. The number of benzene rings is 3. The van der Waals surface area contributed by atoms with E-state index in [9.17, 15) is 4.79 Å². The average Bonchev–Trinajstić information content (AvgIpc) is 2.64. The Morgan fingerprint density at radius 1 is 0.960 bits per heavy atom. The van der Waals surface area contributed by atoms with Gasteiger partial charge in [0.2, 0.25) is 5.91 Å². The van der Waals surface area contributed by atoms with Gasteiger partial charge in [0.05, 0.1) is 0 Å². The van der Waals surface area contributed by atoms with Crippen LogP contribution in [0, 0.1) is 6.92 Å². The molecule has 0 heterocycles. The molecule has 0 aliphatic carbocycles. The second kappa shape index (κ2) is 8.24. The Balaban J connectivity index is 1.85. The molecule has 3 aromatic carbocycles. The minimum absolute atomic E-state index is 0.0695. The number of halogens is 1. The van der Waals surface area contributed by atoms with Gasteiger partial charge in [0.25, 0.3) is 0 Å². The van der Waals surface area contributed by atoms with Crippen molar-refractivity contribution in [3.63, 3.8) is 0 Å². The van der Waals surface area contributed by atoms with Gasteiger partial charge in [-0.25, -0.2) is 0 Å². The monoisotopic (exact) mass is 367 g/mol. The zero-order valence-corrected chi connectivity index (χ0v) is 15.3. The Morgan fingerprint density at radius 3 is 2.24 bits per heavy atom. The van der Waals surface area contributed by atoms with E-state index in [0.717, 1.165) is 16.0 Å². The first kappa shape index (κ1) is 17.6. The largest absolute Gasteiger partial charge is 0.325 e. The average molecular weight is 368 g/mol. The third-order valence-electron chi connectivity index (χ3n) is 3.78. The van der Waals surface area contributed by atoms with Crippen molar-refractivity contribution in [2.45, 2.75) is 17.1 Å². The van der Waals surface area contributed by atoms with Gasteiger partial charge in [-0.15, -0.1) is 11.8 Å². The van der Waals surface area contributed by atoms with Gasteiger partial charge >= 0.3 is 0 Å². The summed E-state index contributed by atoms with van der Waals surface area (Å²) in [5.74, 6) is -0.0695. The first-order valence-electron chi connectivity index (χ1n) is 7.97. The molecule has 0 spiro atoms. The van der Waals surface area contributed by atoms with Crippen LogP contribution in [0.4, 0.5) is 5.69 Å². The van der Waals surface area contributed by atoms with Gasteiger partial charge in [-0.3, -0.25) is 4.79 Å². The maximum Gasteiger partial charge on any atom is 0.242 e. The number of carbonyl (C=O) groups excluding carboxylic acids is 1. The van der Waals surface area contributed by atoms with E-state index in [1.54, 1.807) is 6.07 Å². The molecule has 0 aromatic heterocycles. The van der Waals surface area contributed by atoms with E-state index in [0.29, 0.717) is 10.7 Å². The molecule has 0 saturated heterocycles. The van der Waals surface area contributed by atoms with Crippen LogP contribution in [-0.4, -0.2) is 5.91 Å². The summed E-state index contributed by atoms with van der Waals surface area (Å²) in [6, 6.07) is 25.3. The SMILES string of the molecule is Cc1ccc(NC(=O)C(Sc2ccccc2)c2ccccc2)cc1Cl. The van der Waals surface area contributed by atoms with Gasteiger partial charge in [-0.05, 0) is 42.3 Å². The number of amides is 1. The zero-order chi connectivity index (χ0) is 17.6. The molecule has 1 N–H and O–H groups in total. The second-order valence-electron chi connectivity index (χ2n) is 5.67. The van der Waals surface area contributed by atoms with Crippen LogP contribution in [0.15, 0.2) is 83.8 Å². The van der Waals surface area contributed by atoms with Crippen molar-refractivity contribution in [2.75, 3.05) is 5.32 Å². The smallest absolute Gasteiger partial charge is 0.242 e. The third kappa shape index (κ3) is 4.65. The van der Waals surface area contributed by atoms with E-state index in [1.807, 2.05) is 79.7 Å². The van der Waals surface area contributed by atoms with Crippen molar-refractivity contribution in [1.29, 1.82) is 0 Å². The predicted octanol–water partition coefficient (Wildman–Crippen LogP) is 6.12. The van der Waals surface area contributed by atoms with E-state index in [2.05, 4.69) is 5.32 Å². The number of anilines is 1. The number of rotatable bonds is 5. The lowest BCUT2D eigenvalue weighted by Gasteiger charge is -2.17. The molecule has 25 heavy (non-hydrogen) atoms. The molecule has 2 nitrogen and oxygen atoms in total. The van der Waals surface area contributed by atoms with Crippen LogP contribution in [0.2, 0.25) is 5.02 Å². The fourth-order valence-electron chi connectivity index (χ4n) is 2.41. The third-order valence-corrected chi connectivity index (χ3v) is 5.45. The minimum atomic E-state index is -0.344. The summed E-state index contributed by atoms with van der Waals surface area (Å²) in [6.45, 7) is 1.94. The molecular formula is C21H18ClNOS. The van der Waals surface area contributed by atoms with E-state index in [-0.39, 0.29) is 11.2 Å². The molecule has 0 bridgehead atoms. The summed E-state index contributed by atoms with van der Waals surface area (Å²) in [4.78, 5) is 14.0. The van der Waals surface area contributed by atoms with Crippen molar-refractivity contribution < 1.29 is 4.79 Å². The van der Waals surface area contributed by atoms with Crippen LogP contribution in [0.3, 0.4) is 0 Å². The standard InChI is InChI=1S/C21H18ClNOS/c1-15-12-13-17(14-19(15)22)23-21(24)20(16-8-4-2-5-9-16)25-18-10-6-3-7-11-18/h2-14,20H,1H3,(H,23,24). The molecule has 1 atom stereocenters. The van der Waals surface area contributed by atoms with Crippen LogP contribution in [0.25, 0.3) is 0 Å². The summed E-state index contributed by atoms with van der Waals surface area (Å²) in [6.07, 6.45) is 0. The summed E-state index contributed by atoms with van der Waals surface area (Å²) >= 11 is 7.70. The molecule has 3 aromatic rings. The van der Waals surface area contributed by atoms with Crippen molar-refractivity contribution in [2.24, 2.45) is 0 Å². The number of hydrogen-bond acceptors (Lipinski definition) is 2. The van der Waals surface area contributed by atoms with Crippen LogP contribution < -0.4 is 5.32 Å². The van der Waals surface area contributed by atoms with Gasteiger partial charge in [-0.2, -0.15) is 0 Å². The summed E-state index contributed by atoms with van der Waals surface area (Å²) in [5.41, 5.74) is 2.65. The van der Waals surface area contributed by atoms with Crippen LogP contribution in [-0.2, 0) is 4.79 Å². The number of nitrogens with one attached hydrogen (secondary N) is 1. The van der Waals surface area contributed by atoms with E-state index >= 15 is 0 Å². The van der Waals surface area contributed by atoms with E-state index in [1.165, 1.54) is 11.8 Å². The molecule has 0 fully saturated rings. The molecule has 0 aliphatic rings. The summed E-state index contributed by atoms with van der Waals surface area (Å²) < 4.78 is 0. The lowest BCUT2D eigenvalue weighted by molar-refractivity contribution is -0.115. The number of hydrogen-bond donors (Lipinski definition) is 1. The number of aryl methyl sites for hydroxylation is 1. The fraction of sp³-hybridized carbons (Fsp3) is 0.0952. The molecule has 1 amide bonds. The Kier molecular flexibility index (Phi) is 5.79. The molecule has 1 unspecified atom stereocenters. The van der Waals surface area contributed by atoms with E-state index in [4.69, 9.17) is 11.6 Å². The first-order chi connectivity index (χ1) is 12.1. The molecule has 126 valence electrons. The Hall–Kier alpha value is -2.23. The highest BCUT2D eigenvalue weighted by Gasteiger charge is 2.22. The van der Waals surface area contributed by atoms with Gasteiger partial charge in [0, 0.05) is 15.6 Å². The number of thioether (sulfide) groups is 1. The van der Waals surface area contributed by atoms with Crippen LogP contribution in [0.5, 0.6) is 0 Å². The molecule has 3 rings (SSSR count). The van der Waals surface area contributed by atoms with Crippen molar-refractivity contribution >= 4 is 35.0 Å². The normalized spacial score (nSPS) is 11.8. The topological polar surface area (TPSA) is 29.1 Å². The number of carbonyl (C=O) groups is 1. The predicted molar refractivity (Wildman–Crippen MR) is 106 cm³/mol. The molecule has 0 radical (unpaired) electrons. The molecule has 0 saturated carbocycles. The van der Waals surface area contributed by atoms with Crippen molar-refractivity contribution in [1.82, 2.24) is 0 Å². The lowest BCUT2D eigenvalue weighted by atomic mass is 10.1. The Bertz CT molecular complexity index is 852. The van der Waals surface area contributed by atoms with Crippen molar-refractivity contribution in [3.05, 3.63) is 95.0 Å². The van der Waals surface area contributed by atoms with E-state index < -0.39 is 0 Å². The molecule has 4 heteroatoms. The Morgan fingerprint density at radius 2 is 1.60 bits per heavy atom. The van der Waals surface area contributed by atoms with Gasteiger partial charge in [0.1, 0.15) is 5.25 Å². The van der Waals surface area contributed by atoms with Crippen LogP contribution >= 0.6 is 23.4 Å². The quantitative estimate of drug-likeness (QED) is 0.550. The van der Waals surface area contributed by atoms with Gasteiger partial charge < -0.3 is 5.32 Å². The highest BCUT2D eigenvalue weighted by molar-refractivity contribution is 8.00. The minimum Gasteiger partial charge on any atom is -0.325 e.